The summed E-state index contributed by atoms with van der Waals surface area (Å²) in [4.78, 5) is 2.24. The van der Waals surface area contributed by atoms with Gasteiger partial charge < -0.3 is 19.9 Å². The molecule has 1 fully saturated rings. The molecule has 0 aromatic heterocycles. The molecule has 112 valence electrons. The van der Waals surface area contributed by atoms with Crippen molar-refractivity contribution in [2.45, 2.75) is 6.04 Å². The number of hydrogen-bond donors (Lipinski definition) is 2. The maximum Gasteiger partial charge on any atom is 0.231 e. The number of fused-ring (bicyclic) bond motifs is 1. The zero-order valence-electron chi connectivity index (χ0n) is 11.0. The van der Waals surface area contributed by atoms with Crippen molar-refractivity contribution in [1.29, 1.82) is 0 Å². The van der Waals surface area contributed by atoms with E-state index in [2.05, 4.69) is 10.2 Å². The lowest BCUT2D eigenvalue weighted by Gasteiger charge is -2.34. The van der Waals surface area contributed by atoms with E-state index in [0.29, 0.717) is 16.5 Å². The third-order valence-corrected chi connectivity index (χ3v) is 3.94. The Morgan fingerprint density at radius 2 is 1.90 bits per heavy atom. The van der Waals surface area contributed by atoms with E-state index >= 15 is 0 Å². The SMILES string of the molecule is Cl.OC[C@H](c1cc2c(cc1Cl)OCO2)N1CCNCC1. The van der Waals surface area contributed by atoms with Crippen LogP contribution in [0.3, 0.4) is 0 Å². The Balaban J connectivity index is 0.00000147. The predicted molar refractivity (Wildman–Crippen MR) is 79.1 cm³/mol. The molecule has 1 saturated heterocycles. The summed E-state index contributed by atoms with van der Waals surface area (Å²) in [6, 6.07) is 3.56. The molecule has 5 nitrogen and oxygen atoms in total. The molecule has 0 radical (unpaired) electrons. The van der Waals surface area contributed by atoms with Gasteiger partial charge in [0, 0.05) is 37.3 Å². The summed E-state index contributed by atoms with van der Waals surface area (Å²) in [5, 5.41) is 13.6. The van der Waals surface area contributed by atoms with Crippen molar-refractivity contribution in [3.63, 3.8) is 0 Å². The third kappa shape index (κ3) is 2.97. The van der Waals surface area contributed by atoms with E-state index in [1.807, 2.05) is 6.07 Å². The first-order valence-electron chi connectivity index (χ1n) is 6.44. The van der Waals surface area contributed by atoms with Crippen molar-refractivity contribution >= 4 is 24.0 Å². The minimum atomic E-state index is -0.0934. The molecule has 0 unspecified atom stereocenters. The second-order valence-corrected chi connectivity index (χ2v) is 5.12. The van der Waals surface area contributed by atoms with Crippen molar-refractivity contribution in [1.82, 2.24) is 10.2 Å². The van der Waals surface area contributed by atoms with Gasteiger partial charge in [0.25, 0.3) is 0 Å². The average Bonchev–Trinajstić information content (AvgIpc) is 2.88. The lowest BCUT2D eigenvalue weighted by Crippen LogP contribution is -2.46. The highest BCUT2D eigenvalue weighted by Gasteiger charge is 2.26. The Morgan fingerprint density at radius 1 is 1.25 bits per heavy atom. The van der Waals surface area contributed by atoms with E-state index in [1.54, 1.807) is 6.07 Å². The van der Waals surface area contributed by atoms with Crippen LogP contribution in [0.25, 0.3) is 0 Å². The Bertz CT molecular complexity index is 467. The van der Waals surface area contributed by atoms with Gasteiger partial charge in [-0.2, -0.15) is 0 Å². The van der Waals surface area contributed by atoms with Gasteiger partial charge in [0.15, 0.2) is 11.5 Å². The molecule has 2 N–H and O–H groups in total. The summed E-state index contributed by atoms with van der Waals surface area (Å²) in [5.74, 6) is 1.37. The molecular weight excluding hydrogens is 303 g/mol. The van der Waals surface area contributed by atoms with Crippen molar-refractivity contribution in [2.24, 2.45) is 0 Å². The monoisotopic (exact) mass is 320 g/mol. The van der Waals surface area contributed by atoms with Crippen LogP contribution in [0.4, 0.5) is 0 Å². The van der Waals surface area contributed by atoms with Crippen LogP contribution < -0.4 is 14.8 Å². The van der Waals surface area contributed by atoms with Crippen LogP contribution >= 0.6 is 24.0 Å². The number of hydrogen-bond acceptors (Lipinski definition) is 5. The van der Waals surface area contributed by atoms with Gasteiger partial charge >= 0.3 is 0 Å². The molecule has 0 saturated carbocycles. The van der Waals surface area contributed by atoms with Crippen molar-refractivity contribution in [2.75, 3.05) is 39.6 Å². The Morgan fingerprint density at radius 3 is 2.55 bits per heavy atom. The van der Waals surface area contributed by atoms with Gasteiger partial charge in [0.1, 0.15) is 0 Å². The van der Waals surface area contributed by atoms with Gasteiger partial charge in [-0.1, -0.05) is 11.6 Å². The molecule has 0 aliphatic carbocycles. The molecule has 0 amide bonds. The summed E-state index contributed by atoms with van der Waals surface area (Å²) < 4.78 is 10.7. The van der Waals surface area contributed by atoms with E-state index in [4.69, 9.17) is 21.1 Å². The van der Waals surface area contributed by atoms with Crippen LogP contribution in [0.15, 0.2) is 12.1 Å². The van der Waals surface area contributed by atoms with Crippen LogP contribution in [0.5, 0.6) is 11.5 Å². The number of aliphatic hydroxyl groups excluding tert-OH is 1. The molecule has 2 heterocycles. The molecule has 0 spiro atoms. The summed E-state index contributed by atoms with van der Waals surface area (Å²) in [6.45, 7) is 3.93. The molecule has 7 heteroatoms. The molecule has 1 atom stereocenters. The molecular formula is C13H18Cl2N2O3. The van der Waals surface area contributed by atoms with E-state index in [0.717, 1.165) is 31.7 Å². The first-order chi connectivity index (χ1) is 9.29. The molecule has 2 aliphatic heterocycles. The number of benzene rings is 1. The van der Waals surface area contributed by atoms with E-state index in [9.17, 15) is 5.11 Å². The normalized spacial score (nSPS) is 19.5. The van der Waals surface area contributed by atoms with E-state index in [-0.39, 0.29) is 31.8 Å². The highest BCUT2D eigenvalue weighted by molar-refractivity contribution is 6.31. The Labute approximate surface area is 129 Å². The zero-order chi connectivity index (χ0) is 13.2. The number of piperazine rings is 1. The maximum atomic E-state index is 9.71. The number of ether oxygens (including phenoxy) is 2. The van der Waals surface area contributed by atoms with Gasteiger partial charge in [0.05, 0.1) is 12.6 Å². The first-order valence-corrected chi connectivity index (χ1v) is 6.82. The molecule has 1 aromatic carbocycles. The Hall–Kier alpha value is -0.720. The fourth-order valence-electron chi connectivity index (χ4n) is 2.59. The predicted octanol–water partition coefficient (Wildman–Crippen LogP) is 1.43. The Kier molecular flexibility index (Phi) is 5.35. The topological polar surface area (TPSA) is 54.0 Å². The maximum absolute atomic E-state index is 9.71. The largest absolute Gasteiger partial charge is 0.454 e. The first kappa shape index (κ1) is 15.7. The number of nitrogens with one attached hydrogen (secondary N) is 1. The standard InChI is InChI=1S/C13H17ClN2O3.ClH/c14-10-6-13-12(18-8-19-13)5-9(10)11(7-17)16-3-1-15-2-4-16;/h5-6,11,15,17H,1-4,7-8H2;1H/t11-;/m1./s1. The highest BCUT2D eigenvalue weighted by Crippen LogP contribution is 2.40. The molecule has 20 heavy (non-hydrogen) atoms. The fraction of sp³-hybridized carbons (Fsp3) is 0.538. The minimum absolute atomic E-state index is 0. The zero-order valence-corrected chi connectivity index (χ0v) is 12.5. The second-order valence-electron chi connectivity index (χ2n) is 4.71. The third-order valence-electron chi connectivity index (χ3n) is 3.62. The number of halogens is 2. The molecule has 1 aromatic rings. The van der Waals surface area contributed by atoms with Crippen LogP contribution in [0, 0.1) is 0 Å². The van der Waals surface area contributed by atoms with Crippen LogP contribution in [0.1, 0.15) is 11.6 Å². The van der Waals surface area contributed by atoms with Gasteiger partial charge in [-0.25, -0.2) is 0 Å². The summed E-state index contributed by atoms with van der Waals surface area (Å²) in [7, 11) is 0. The van der Waals surface area contributed by atoms with Crippen LogP contribution in [-0.4, -0.2) is 49.6 Å². The smallest absolute Gasteiger partial charge is 0.231 e. The van der Waals surface area contributed by atoms with E-state index in [1.165, 1.54) is 0 Å². The van der Waals surface area contributed by atoms with Crippen LogP contribution in [-0.2, 0) is 0 Å². The lowest BCUT2D eigenvalue weighted by atomic mass is 10.0. The van der Waals surface area contributed by atoms with E-state index < -0.39 is 0 Å². The average molecular weight is 321 g/mol. The van der Waals surface area contributed by atoms with Gasteiger partial charge in [-0.05, 0) is 11.6 Å². The molecule has 3 rings (SSSR count). The van der Waals surface area contributed by atoms with Gasteiger partial charge in [-0.3, -0.25) is 4.90 Å². The minimum Gasteiger partial charge on any atom is -0.454 e. The van der Waals surface area contributed by atoms with Crippen molar-refractivity contribution in [3.8, 4) is 11.5 Å². The number of aliphatic hydroxyl groups is 1. The number of nitrogens with zero attached hydrogens (tertiary/aromatic N) is 1. The summed E-state index contributed by atoms with van der Waals surface area (Å²) in [5.41, 5.74) is 0.898. The lowest BCUT2D eigenvalue weighted by molar-refractivity contribution is 0.110. The van der Waals surface area contributed by atoms with Crippen molar-refractivity contribution in [3.05, 3.63) is 22.7 Å². The second kappa shape index (κ2) is 6.83. The number of rotatable bonds is 3. The highest BCUT2D eigenvalue weighted by atomic mass is 35.5. The van der Waals surface area contributed by atoms with Gasteiger partial charge in [0.2, 0.25) is 6.79 Å². The quantitative estimate of drug-likeness (QED) is 0.882. The molecule has 2 aliphatic rings. The van der Waals surface area contributed by atoms with Gasteiger partial charge in [-0.15, -0.1) is 12.4 Å². The van der Waals surface area contributed by atoms with Crippen LogP contribution in [0.2, 0.25) is 5.02 Å². The summed E-state index contributed by atoms with van der Waals surface area (Å²) >= 11 is 6.31. The van der Waals surface area contributed by atoms with Crippen molar-refractivity contribution < 1.29 is 14.6 Å². The summed E-state index contributed by atoms with van der Waals surface area (Å²) in [6.07, 6.45) is 0. The molecule has 0 bridgehead atoms. The fourth-order valence-corrected chi connectivity index (χ4v) is 2.87.